The molecule has 0 aromatic carbocycles. The minimum Gasteiger partial charge on any atom is -0.363 e. The molecule has 0 saturated carbocycles. The molecule has 2 saturated heterocycles. The number of carbonyl (C=O) groups excluding carboxylic acids is 1. The van der Waals surface area contributed by atoms with Crippen LogP contribution >= 0.6 is 0 Å². The quantitative estimate of drug-likeness (QED) is 0.808. The minimum absolute atomic E-state index is 0.294. The van der Waals surface area contributed by atoms with E-state index in [0.717, 1.165) is 69.6 Å². The number of piperazine rings is 1. The number of hydrogen-bond donors (Lipinski definition) is 0. The summed E-state index contributed by atoms with van der Waals surface area (Å²) in [6.45, 7) is 7.92. The molecule has 2 aliphatic rings. The van der Waals surface area contributed by atoms with Crippen LogP contribution in [0.2, 0.25) is 0 Å². The van der Waals surface area contributed by atoms with Crippen molar-refractivity contribution in [1.29, 1.82) is 0 Å². The number of carbonyl (C=O) groups is 1. The van der Waals surface area contributed by atoms with Crippen LogP contribution in [0.1, 0.15) is 31.4 Å². The number of rotatable bonds is 4. The van der Waals surface area contributed by atoms with Crippen molar-refractivity contribution in [3.8, 4) is 0 Å². The number of anilines is 2. The second-order valence-electron chi connectivity index (χ2n) is 7.62. The lowest BCUT2D eigenvalue weighted by molar-refractivity contribution is -0.132. The molecule has 2 aliphatic heterocycles. The van der Waals surface area contributed by atoms with E-state index < -0.39 is 0 Å². The fourth-order valence-electron chi connectivity index (χ4n) is 3.62. The zero-order valence-corrected chi connectivity index (χ0v) is 16.4. The molecule has 3 heterocycles. The van der Waals surface area contributed by atoms with Crippen molar-refractivity contribution < 1.29 is 4.79 Å². The topological polar surface area (TPSA) is 55.8 Å². The van der Waals surface area contributed by atoms with Crippen molar-refractivity contribution in [2.24, 2.45) is 0 Å². The zero-order valence-electron chi connectivity index (χ0n) is 16.4. The number of hydrogen-bond acceptors (Lipinski definition) is 6. The Morgan fingerprint density at radius 1 is 1.00 bits per heavy atom. The highest BCUT2D eigenvalue weighted by atomic mass is 16.2. The van der Waals surface area contributed by atoms with Crippen LogP contribution in [0.15, 0.2) is 6.07 Å². The summed E-state index contributed by atoms with van der Waals surface area (Å²) in [6, 6.07) is 2.00. The van der Waals surface area contributed by atoms with Gasteiger partial charge in [0.25, 0.3) is 0 Å². The maximum atomic E-state index is 12.6. The van der Waals surface area contributed by atoms with Crippen LogP contribution in [-0.2, 0) is 4.79 Å². The second kappa shape index (κ2) is 8.66. The summed E-state index contributed by atoms with van der Waals surface area (Å²) in [7, 11) is 4.00. The summed E-state index contributed by atoms with van der Waals surface area (Å²) < 4.78 is 0. The number of likely N-dealkylation sites (tertiary alicyclic amines) is 1. The molecule has 7 nitrogen and oxygen atoms in total. The van der Waals surface area contributed by atoms with Crippen LogP contribution in [0.5, 0.6) is 0 Å². The van der Waals surface area contributed by atoms with Gasteiger partial charge in [-0.2, -0.15) is 4.98 Å². The Hall–Kier alpha value is -1.89. The molecule has 0 unspecified atom stereocenters. The highest BCUT2D eigenvalue weighted by Gasteiger charge is 2.23. The highest BCUT2D eigenvalue weighted by Crippen LogP contribution is 2.17. The van der Waals surface area contributed by atoms with Crippen molar-refractivity contribution in [3.05, 3.63) is 11.8 Å². The van der Waals surface area contributed by atoms with E-state index in [1.165, 1.54) is 12.8 Å². The average Bonchev–Trinajstić information content (AvgIpc) is 2.91. The first kappa shape index (κ1) is 18.9. The third kappa shape index (κ3) is 4.84. The standard InChI is InChI=1S/C19H32N6O/c1-16-14-17(22(2)3)21-19(20-16)25-12-10-23(11-13-25)15-18(26)24-8-6-4-5-7-9-24/h14H,4-13,15H2,1-3H3. The molecular formula is C19H32N6O. The van der Waals surface area contributed by atoms with E-state index in [1.807, 2.05) is 32.0 Å². The number of amides is 1. The summed E-state index contributed by atoms with van der Waals surface area (Å²) in [5.74, 6) is 2.03. The SMILES string of the molecule is Cc1cc(N(C)C)nc(N2CCN(CC(=O)N3CCCCCC3)CC2)n1. The zero-order chi connectivity index (χ0) is 18.5. The first-order chi connectivity index (χ1) is 12.5. The third-order valence-corrected chi connectivity index (χ3v) is 5.26. The largest absolute Gasteiger partial charge is 0.363 e. The van der Waals surface area contributed by atoms with E-state index in [0.29, 0.717) is 12.5 Å². The number of aromatic nitrogens is 2. The predicted molar refractivity (Wildman–Crippen MR) is 105 cm³/mol. The van der Waals surface area contributed by atoms with Gasteiger partial charge >= 0.3 is 0 Å². The lowest BCUT2D eigenvalue weighted by Gasteiger charge is -2.35. The van der Waals surface area contributed by atoms with Gasteiger partial charge in [0.05, 0.1) is 6.54 Å². The lowest BCUT2D eigenvalue weighted by atomic mass is 10.2. The van der Waals surface area contributed by atoms with Gasteiger partial charge < -0.3 is 14.7 Å². The fourth-order valence-corrected chi connectivity index (χ4v) is 3.62. The summed E-state index contributed by atoms with van der Waals surface area (Å²) in [4.78, 5) is 30.4. The summed E-state index contributed by atoms with van der Waals surface area (Å²) in [5.41, 5.74) is 0.984. The van der Waals surface area contributed by atoms with E-state index in [1.54, 1.807) is 0 Å². The van der Waals surface area contributed by atoms with Gasteiger partial charge in [-0.05, 0) is 19.8 Å². The molecule has 1 aromatic rings. The fraction of sp³-hybridized carbons (Fsp3) is 0.737. The molecular weight excluding hydrogens is 328 g/mol. The van der Waals surface area contributed by atoms with E-state index in [4.69, 9.17) is 0 Å². The molecule has 1 aromatic heterocycles. The van der Waals surface area contributed by atoms with E-state index in [-0.39, 0.29) is 0 Å². The molecule has 0 aliphatic carbocycles. The maximum absolute atomic E-state index is 12.6. The number of aryl methyl sites for hydroxylation is 1. The molecule has 0 N–H and O–H groups in total. The van der Waals surface area contributed by atoms with Crippen molar-refractivity contribution in [2.45, 2.75) is 32.6 Å². The monoisotopic (exact) mass is 360 g/mol. The van der Waals surface area contributed by atoms with Crippen LogP contribution in [0, 0.1) is 6.92 Å². The van der Waals surface area contributed by atoms with Gasteiger partial charge in [0, 0.05) is 65.1 Å². The summed E-state index contributed by atoms with van der Waals surface area (Å²) >= 11 is 0. The van der Waals surface area contributed by atoms with Crippen LogP contribution in [0.4, 0.5) is 11.8 Å². The van der Waals surface area contributed by atoms with Crippen LogP contribution in [0.3, 0.4) is 0 Å². The van der Waals surface area contributed by atoms with Crippen LogP contribution in [0.25, 0.3) is 0 Å². The molecule has 1 amide bonds. The molecule has 0 radical (unpaired) electrons. The van der Waals surface area contributed by atoms with Crippen LogP contribution < -0.4 is 9.80 Å². The maximum Gasteiger partial charge on any atom is 0.236 e. The van der Waals surface area contributed by atoms with Gasteiger partial charge in [-0.25, -0.2) is 4.98 Å². The van der Waals surface area contributed by atoms with Crippen LogP contribution in [-0.4, -0.2) is 85.6 Å². The Balaban J connectivity index is 1.53. The molecule has 0 spiro atoms. The predicted octanol–water partition coefficient (Wildman–Crippen LogP) is 1.38. The summed E-state index contributed by atoms with van der Waals surface area (Å²) in [5, 5.41) is 0. The first-order valence-corrected chi connectivity index (χ1v) is 9.81. The van der Waals surface area contributed by atoms with Crippen molar-refractivity contribution in [3.63, 3.8) is 0 Å². The smallest absolute Gasteiger partial charge is 0.236 e. The van der Waals surface area contributed by atoms with Gasteiger partial charge in [-0.3, -0.25) is 9.69 Å². The Morgan fingerprint density at radius 3 is 2.27 bits per heavy atom. The average molecular weight is 361 g/mol. The van der Waals surface area contributed by atoms with E-state index in [2.05, 4.69) is 24.7 Å². The highest BCUT2D eigenvalue weighted by molar-refractivity contribution is 5.78. The normalized spacial score (nSPS) is 19.3. The van der Waals surface area contributed by atoms with Crippen molar-refractivity contribution in [2.75, 3.05) is 69.7 Å². The molecule has 3 rings (SSSR count). The molecule has 0 atom stereocenters. The van der Waals surface area contributed by atoms with E-state index in [9.17, 15) is 4.79 Å². The van der Waals surface area contributed by atoms with Gasteiger partial charge in [0.1, 0.15) is 5.82 Å². The lowest BCUT2D eigenvalue weighted by Crippen LogP contribution is -2.50. The molecule has 144 valence electrons. The van der Waals surface area contributed by atoms with Gasteiger partial charge in [-0.1, -0.05) is 12.8 Å². The third-order valence-electron chi connectivity index (χ3n) is 5.26. The Kier molecular flexibility index (Phi) is 6.29. The Morgan fingerprint density at radius 2 is 1.65 bits per heavy atom. The molecule has 7 heteroatoms. The van der Waals surface area contributed by atoms with E-state index >= 15 is 0 Å². The van der Waals surface area contributed by atoms with Gasteiger partial charge in [0.2, 0.25) is 11.9 Å². The van der Waals surface area contributed by atoms with Gasteiger partial charge in [-0.15, -0.1) is 0 Å². The second-order valence-corrected chi connectivity index (χ2v) is 7.62. The number of nitrogens with zero attached hydrogens (tertiary/aromatic N) is 6. The molecule has 2 fully saturated rings. The molecule has 26 heavy (non-hydrogen) atoms. The van der Waals surface area contributed by atoms with Crippen molar-refractivity contribution >= 4 is 17.7 Å². The Bertz CT molecular complexity index is 604. The van der Waals surface area contributed by atoms with Gasteiger partial charge in [0.15, 0.2) is 0 Å². The first-order valence-electron chi connectivity index (χ1n) is 9.81. The van der Waals surface area contributed by atoms with Crippen molar-refractivity contribution in [1.82, 2.24) is 19.8 Å². The minimum atomic E-state index is 0.294. The summed E-state index contributed by atoms with van der Waals surface area (Å²) in [6.07, 6.45) is 4.82. The Labute approximate surface area is 157 Å². The molecule has 0 bridgehead atoms.